The van der Waals surface area contributed by atoms with Gasteiger partial charge in [0.2, 0.25) is 11.8 Å². The number of hydrogen-bond donors (Lipinski definition) is 3. The molecule has 25 heavy (non-hydrogen) atoms. The molecular formula is C18H28N4O3. The highest BCUT2D eigenvalue weighted by Crippen LogP contribution is 2.25. The van der Waals surface area contributed by atoms with Crippen LogP contribution in [0, 0.1) is 0 Å². The second-order valence-corrected chi connectivity index (χ2v) is 6.17. The molecule has 0 spiro atoms. The maximum absolute atomic E-state index is 12.0. The van der Waals surface area contributed by atoms with E-state index in [4.69, 9.17) is 10.5 Å². The number of nitrogens with two attached hydrogens (primary N) is 1. The van der Waals surface area contributed by atoms with Crippen molar-refractivity contribution in [3.63, 3.8) is 0 Å². The average Bonchev–Trinajstić information content (AvgIpc) is 2.67. The zero-order valence-electron chi connectivity index (χ0n) is 14.8. The summed E-state index contributed by atoms with van der Waals surface area (Å²) >= 11 is 0. The first-order valence-corrected chi connectivity index (χ1v) is 8.75. The maximum atomic E-state index is 12.0. The first-order valence-electron chi connectivity index (χ1n) is 8.75. The highest BCUT2D eigenvalue weighted by molar-refractivity contribution is 5.85. The first-order chi connectivity index (χ1) is 12.1. The van der Waals surface area contributed by atoms with Gasteiger partial charge < -0.3 is 21.1 Å². The van der Waals surface area contributed by atoms with E-state index in [-0.39, 0.29) is 30.9 Å². The van der Waals surface area contributed by atoms with Gasteiger partial charge in [-0.2, -0.15) is 0 Å². The fourth-order valence-electron chi connectivity index (χ4n) is 3.04. The van der Waals surface area contributed by atoms with Crippen molar-refractivity contribution in [2.45, 2.75) is 25.3 Å². The number of methoxy groups -OCH3 is 1. The molecule has 1 heterocycles. The summed E-state index contributed by atoms with van der Waals surface area (Å²) in [6.45, 7) is 2.39. The van der Waals surface area contributed by atoms with Gasteiger partial charge >= 0.3 is 0 Å². The van der Waals surface area contributed by atoms with Crippen LogP contribution in [0.4, 0.5) is 0 Å². The van der Waals surface area contributed by atoms with Gasteiger partial charge in [0.05, 0.1) is 26.2 Å². The number of hydrogen-bond acceptors (Lipinski definition) is 5. The molecule has 1 atom stereocenters. The average molecular weight is 348 g/mol. The van der Waals surface area contributed by atoms with Gasteiger partial charge in [0.15, 0.2) is 0 Å². The fraction of sp³-hybridized carbons (Fsp3) is 0.556. The first kappa shape index (κ1) is 19.2. The normalized spacial score (nSPS) is 16.1. The molecule has 7 nitrogen and oxygen atoms in total. The van der Waals surface area contributed by atoms with Crippen LogP contribution in [0.1, 0.15) is 30.9 Å². The third kappa shape index (κ3) is 6.03. The molecule has 1 aliphatic heterocycles. The largest absolute Gasteiger partial charge is 0.497 e. The molecule has 0 radical (unpaired) electrons. The number of amides is 2. The molecule has 1 saturated heterocycles. The zero-order chi connectivity index (χ0) is 18.1. The van der Waals surface area contributed by atoms with Crippen molar-refractivity contribution >= 4 is 11.8 Å². The summed E-state index contributed by atoms with van der Waals surface area (Å²) in [5.41, 5.74) is 6.36. The summed E-state index contributed by atoms with van der Waals surface area (Å²) in [5, 5.41) is 5.40. The number of ether oxygens (including phenoxy) is 1. The van der Waals surface area contributed by atoms with Crippen molar-refractivity contribution in [1.82, 2.24) is 15.5 Å². The summed E-state index contributed by atoms with van der Waals surface area (Å²) in [6.07, 6.45) is 3.60. The third-order valence-corrected chi connectivity index (χ3v) is 4.46. The molecular weight excluding hydrogens is 320 g/mol. The molecule has 0 bridgehead atoms. The summed E-state index contributed by atoms with van der Waals surface area (Å²) in [4.78, 5) is 25.5. The van der Waals surface area contributed by atoms with Crippen molar-refractivity contribution in [1.29, 1.82) is 0 Å². The Hall–Kier alpha value is -2.12. The minimum Gasteiger partial charge on any atom is -0.497 e. The summed E-state index contributed by atoms with van der Waals surface area (Å²) in [5.74, 6) is 0.268. The van der Waals surface area contributed by atoms with Gasteiger partial charge in [0.25, 0.3) is 0 Å². The van der Waals surface area contributed by atoms with E-state index in [1.165, 1.54) is 19.3 Å². The molecule has 1 aromatic carbocycles. The minimum absolute atomic E-state index is 0.0502. The molecule has 1 unspecified atom stereocenters. The Kier molecular flexibility index (Phi) is 7.69. The molecule has 2 rings (SSSR count). The van der Waals surface area contributed by atoms with Crippen LogP contribution >= 0.6 is 0 Å². The standard InChI is InChI=1S/C18H28N4O3/c1-25-15-7-5-14(6-8-15)16(22-9-3-2-4-10-22)12-20-18(24)13-21-17(23)11-19/h5-8,16H,2-4,9-13,19H2,1H3,(H,20,24)(H,21,23). The number of piperidine rings is 1. The van der Waals surface area contributed by atoms with Gasteiger partial charge in [-0.05, 0) is 43.6 Å². The van der Waals surface area contributed by atoms with Gasteiger partial charge in [-0.25, -0.2) is 0 Å². The van der Waals surface area contributed by atoms with E-state index in [0.29, 0.717) is 6.54 Å². The highest BCUT2D eigenvalue weighted by atomic mass is 16.5. The van der Waals surface area contributed by atoms with Crippen molar-refractivity contribution in [2.24, 2.45) is 5.73 Å². The van der Waals surface area contributed by atoms with E-state index in [0.717, 1.165) is 24.4 Å². The Labute approximate surface area is 148 Å². The second kappa shape index (κ2) is 10.0. The lowest BCUT2D eigenvalue weighted by atomic mass is 10.0. The van der Waals surface area contributed by atoms with Crippen molar-refractivity contribution in [3.8, 4) is 5.75 Å². The van der Waals surface area contributed by atoms with E-state index in [9.17, 15) is 9.59 Å². The Morgan fingerprint density at radius 3 is 2.40 bits per heavy atom. The monoisotopic (exact) mass is 348 g/mol. The van der Waals surface area contributed by atoms with Crippen molar-refractivity contribution in [2.75, 3.05) is 39.8 Å². The summed E-state index contributed by atoms with van der Waals surface area (Å²) < 4.78 is 5.22. The molecule has 1 aromatic rings. The van der Waals surface area contributed by atoms with Gasteiger partial charge in [0.1, 0.15) is 5.75 Å². The summed E-state index contributed by atoms with van der Waals surface area (Å²) in [7, 11) is 1.65. The van der Waals surface area contributed by atoms with Crippen LogP contribution in [-0.4, -0.2) is 56.5 Å². The molecule has 1 aliphatic rings. The van der Waals surface area contributed by atoms with Crippen LogP contribution in [0.5, 0.6) is 5.75 Å². The van der Waals surface area contributed by atoms with Crippen LogP contribution in [0.3, 0.4) is 0 Å². The second-order valence-electron chi connectivity index (χ2n) is 6.17. The zero-order valence-corrected chi connectivity index (χ0v) is 14.8. The Bertz CT molecular complexity index is 556. The number of nitrogens with one attached hydrogen (secondary N) is 2. The van der Waals surface area contributed by atoms with Crippen LogP contribution in [-0.2, 0) is 9.59 Å². The van der Waals surface area contributed by atoms with Crippen LogP contribution < -0.4 is 21.1 Å². The number of benzene rings is 1. The van der Waals surface area contributed by atoms with E-state index < -0.39 is 0 Å². The lowest BCUT2D eigenvalue weighted by molar-refractivity contribution is -0.125. The van der Waals surface area contributed by atoms with Crippen molar-refractivity contribution < 1.29 is 14.3 Å². The maximum Gasteiger partial charge on any atom is 0.239 e. The molecule has 7 heteroatoms. The minimum atomic E-state index is -0.335. The van der Waals surface area contributed by atoms with Crippen molar-refractivity contribution in [3.05, 3.63) is 29.8 Å². The predicted molar refractivity (Wildman–Crippen MR) is 96.2 cm³/mol. The lowest BCUT2D eigenvalue weighted by Crippen LogP contribution is -2.44. The highest BCUT2D eigenvalue weighted by Gasteiger charge is 2.23. The van der Waals surface area contributed by atoms with E-state index in [2.05, 4.69) is 15.5 Å². The number of rotatable bonds is 8. The number of carbonyl (C=O) groups excluding carboxylic acids is 2. The molecule has 1 fully saturated rings. The van der Waals surface area contributed by atoms with E-state index in [1.807, 2.05) is 24.3 Å². The molecule has 138 valence electrons. The molecule has 0 saturated carbocycles. The number of likely N-dealkylation sites (tertiary alicyclic amines) is 1. The summed E-state index contributed by atoms with van der Waals surface area (Å²) in [6, 6.07) is 8.08. The lowest BCUT2D eigenvalue weighted by Gasteiger charge is -2.35. The smallest absolute Gasteiger partial charge is 0.239 e. The SMILES string of the molecule is COc1ccc(C(CNC(=O)CNC(=O)CN)N2CCCCC2)cc1. The third-order valence-electron chi connectivity index (χ3n) is 4.46. The topological polar surface area (TPSA) is 96.7 Å². The van der Waals surface area contributed by atoms with Gasteiger partial charge in [0, 0.05) is 6.54 Å². The number of nitrogens with zero attached hydrogens (tertiary/aromatic N) is 1. The van der Waals surface area contributed by atoms with Crippen LogP contribution in [0.25, 0.3) is 0 Å². The number of carbonyl (C=O) groups is 2. The fourth-order valence-corrected chi connectivity index (χ4v) is 3.04. The van der Waals surface area contributed by atoms with Crippen LogP contribution in [0.15, 0.2) is 24.3 Å². The van der Waals surface area contributed by atoms with Gasteiger partial charge in [-0.3, -0.25) is 14.5 Å². The molecule has 2 amide bonds. The molecule has 0 aromatic heterocycles. The molecule has 4 N–H and O–H groups in total. The molecule has 0 aliphatic carbocycles. The van der Waals surface area contributed by atoms with Gasteiger partial charge in [-0.1, -0.05) is 18.6 Å². The van der Waals surface area contributed by atoms with E-state index in [1.54, 1.807) is 7.11 Å². The Balaban J connectivity index is 1.98. The predicted octanol–water partition coefficient (Wildman–Crippen LogP) is 0.413. The Morgan fingerprint density at radius 2 is 1.80 bits per heavy atom. The van der Waals surface area contributed by atoms with Gasteiger partial charge in [-0.15, -0.1) is 0 Å². The van der Waals surface area contributed by atoms with Crippen LogP contribution in [0.2, 0.25) is 0 Å². The van der Waals surface area contributed by atoms with E-state index >= 15 is 0 Å². The quantitative estimate of drug-likeness (QED) is 0.632. The Morgan fingerprint density at radius 1 is 1.12 bits per heavy atom.